The average Bonchev–Trinajstić information content (AvgIpc) is 3.04. The van der Waals surface area contributed by atoms with Crippen LogP contribution >= 0.6 is 11.6 Å². The zero-order valence-electron chi connectivity index (χ0n) is 14.0. The van der Waals surface area contributed by atoms with Crippen LogP contribution in [-0.2, 0) is 0 Å². The Morgan fingerprint density at radius 1 is 1.20 bits per heavy atom. The van der Waals surface area contributed by atoms with Gasteiger partial charge in [-0.15, -0.1) is 0 Å². The molecule has 0 spiro atoms. The first-order valence-electron chi connectivity index (χ1n) is 8.43. The highest BCUT2D eigenvalue weighted by Crippen LogP contribution is 2.38. The maximum absolute atomic E-state index is 14.4. The molecule has 1 aromatic carbocycles. The zero-order valence-corrected chi connectivity index (χ0v) is 14.8. The third-order valence-corrected chi connectivity index (χ3v) is 5.02. The minimum atomic E-state index is -0.367. The first kappa shape index (κ1) is 16.2. The van der Waals surface area contributed by atoms with E-state index >= 15 is 0 Å². The smallest absolute Gasteiger partial charge is 0.139 e. The van der Waals surface area contributed by atoms with Crippen LogP contribution < -0.4 is 9.64 Å². The maximum atomic E-state index is 14.4. The second-order valence-corrected chi connectivity index (χ2v) is 6.65. The van der Waals surface area contributed by atoms with E-state index in [0.29, 0.717) is 21.9 Å². The molecule has 0 bridgehead atoms. The van der Waals surface area contributed by atoms with Gasteiger partial charge in [-0.05, 0) is 37.5 Å². The highest BCUT2D eigenvalue weighted by Gasteiger charge is 2.19. The van der Waals surface area contributed by atoms with Crippen molar-refractivity contribution in [2.45, 2.75) is 19.3 Å². The number of aromatic nitrogens is 2. The van der Waals surface area contributed by atoms with E-state index in [-0.39, 0.29) is 5.82 Å². The summed E-state index contributed by atoms with van der Waals surface area (Å²) >= 11 is 6.52. The summed E-state index contributed by atoms with van der Waals surface area (Å²) in [5, 5.41) is 0.465. The maximum Gasteiger partial charge on any atom is 0.139 e. The van der Waals surface area contributed by atoms with Crippen molar-refractivity contribution >= 4 is 23.1 Å². The van der Waals surface area contributed by atoms with Gasteiger partial charge in [0.05, 0.1) is 23.9 Å². The molecule has 6 heteroatoms. The molecular weight excluding hydrogens is 341 g/mol. The number of hydrogen-bond acceptors (Lipinski definition) is 3. The lowest BCUT2D eigenvalue weighted by Crippen LogP contribution is -2.30. The van der Waals surface area contributed by atoms with Crippen LogP contribution in [0.4, 0.5) is 10.2 Å². The van der Waals surface area contributed by atoms with Crippen molar-refractivity contribution in [1.29, 1.82) is 0 Å². The molecule has 1 fully saturated rings. The molecule has 0 radical (unpaired) electrons. The van der Waals surface area contributed by atoms with Crippen molar-refractivity contribution in [1.82, 2.24) is 9.38 Å². The van der Waals surface area contributed by atoms with Gasteiger partial charge in [0.15, 0.2) is 0 Å². The molecule has 1 saturated heterocycles. The molecule has 3 aromatic rings. The fourth-order valence-corrected chi connectivity index (χ4v) is 3.72. The number of ether oxygens (including phenoxy) is 1. The minimum Gasteiger partial charge on any atom is -0.496 e. The van der Waals surface area contributed by atoms with Crippen LogP contribution in [0.3, 0.4) is 0 Å². The van der Waals surface area contributed by atoms with Gasteiger partial charge in [-0.2, -0.15) is 0 Å². The molecule has 0 aliphatic carbocycles. The number of pyridine rings is 1. The lowest BCUT2D eigenvalue weighted by molar-refractivity contribution is 0.413. The lowest BCUT2D eigenvalue weighted by atomic mass is 10.0. The molecule has 130 valence electrons. The van der Waals surface area contributed by atoms with E-state index in [1.54, 1.807) is 12.1 Å². The van der Waals surface area contributed by atoms with Crippen molar-refractivity contribution in [2.75, 3.05) is 25.1 Å². The molecule has 2 aromatic heterocycles. The van der Waals surface area contributed by atoms with E-state index < -0.39 is 0 Å². The normalized spacial score (nSPS) is 14.9. The van der Waals surface area contributed by atoms with Crippen LogP contribution in [0.15, 0.2) is 36.7 Å². The van der Waals surface area contributed by atoms with Crippen LogP contribution in [0.25, 0.3) is 16.8 Å². The van der Waals surface area contributed by atoms with E-state index in [4.69, 9.17) is 16.3 Å². The van der Waals surface area contributed by atoms with Gasteiger partial charge in [-0.25, -0.2) is 9.37 Å². The van der Waals surface area contributed by atoms with Crippen LogP contribution in [0, 0.1) is 5.82 Å². The Balaban J connectivity index is 1.84. The summed E-state index contributed by atoms with van der Waals surface area (Å²) in [4.78, 5) is 6.83. The quantitative estimate of drug-likeness (QED) is 0.673. The van der Waals surface area contributed by atoms with Gasteiger partial charge >= 0.3 is 0 Å². The Labute approximate surface area is 150 Å². The number of rotatable bonds is 3. The zero-order chi connectivity index (χ0) is 17.4. The van der Waals surface area contributed by atoms with Crippen molar-refractivity contribution in [3.8, 4) is 16.9 Å². The fourth-order valence-electron chi connectivity index (χ4n) is 3.47. The summed E-state index contributed by atoms with van der Waals surface area (Å²) < 4.78 is 21.7. The van der Waals surface area contributed by atoms with Gasteiger partial charge < -0.3 is 9.64 Å². The Morgan fingerprint density at radius 2 is 2.00 bits per heavy atom. The second kappa shape index (κ2) is 6.56. The summed E-state index contributed by atoms with van der Waals surface area (Å²) in [6.07, 6.45) is 7.32. The second-order valence-electron chi connectivity index (χ2n) is 6.24. The largest absolute Gasteiger partial charge is 0.496 e. The van der Waals surface area contributed by atoms with Crippen molar-refractivity contribution in [3.63, 3.8) is 0 Å². The van der Waals surface area contributed by atoms with Crippen molar-refractivity contribution in [3.05, 3.63) is 47.5 Å². The molecule has 1 aliphatic heterocycles. The molecule has 0 saturated carbocycles. The van der Waals surface area contributed by atoms with E-state index in [9.17, 15) is 4.39 Å². The highest BCUT2D eigenvalue weighted by atomic mass is 35.5. The summed E-state index contributed by atoms with van der Waals surface area (Å²) in [5.41, 5.74) is 1.69. The molecule has 1 aliphatic rings. The number of benzene rings is 1. The number of hydrogen-bond donors (Lipinski definition) is 0. The summed E-state index contributed by atoms with van der Waals surface area (Å²) in [5.74, 6) is 1.12. The molecule has 0 amide bonds. The summed E-state index contributed by atoms with van der Waals surface area (Å²) in [7, 11) is 1.52. The molecule has 0 unspecified atom stereocenters. The Hall–Kier alpha value is -2.27. The summed E-state index contributed by atoms with van der Waals surface area (Å²) in [6.45, 7) is 2.04. The van der Waals surface area contributed by atoms with E-state index in [1.165, 1.54) is 32.4 Å². The summed E-state index contributed by atoms with van der Waals surface area (Å²) in [6, 6.07) is 6.57. The lowest BCUT2D eigenvalue weighted by Gasteiger charge is -2.27. The third-order valence-electron chi connectivity index (χ3n) is 4.72. The first-order valence-corrected chi connectivity index (χ1v) is 8.81. The Bertz CT molecular complexity index is 918. The van der Waals surface area contributed by atoms with Gasteiger partial charge in [0.1, 0.15) is 23.0 Å². The fraction of sp³-hybridized carbons (Fsp3) is 0.316. The molecule has 0 atom stereocenters. The van der Waals surface area contributed by atoms with Gasteiger partial charge in [0.2, 0.25) is 0 Å². The van der Waals surface area contributed by atoms with E-state index in [0.717, 1.165) is 24.6 Å². The number of anilines is 1. The third kappa shape index (κ3) is 2.82. The van der Waals surface area contributed by atoms with E-state index in [1.807, 2.05) is 22.9 Å². The first-order chi connectivity index (χ1) is 12.2. The number of nitrogens with zero attached hydrogens (tertiary/aromatic N) is 3. The minimum absolute atomic E-state index is 0.361. The van der Waals surface area contributed by atoms with Crippen LogP contribution in [-0.4, -0.2) is 29.6 Å². The number of methoxy groups -OCH3 is 1. The number of piperidine rings is 1. The van der Waals surface area contributed by atoms with Gasteiger partial charge in [0, 0.05) is 24.8 Å². The highest BCUT2D eigenvalue weighted by molar-refractivity contribution is 6.33. The van der Waals surface area contributed by atoms with Crippen LogP contribution in [0.5, 0.6) is 5.75 Å². The molecule has 0 N–H and O–H groups in total. The van der Waals surface area contributed by atoms with E-state index in [2.05, 4.69) is 9.88 Å². The SMILES string of the molecule is COc1cccc(F)c1-c1cc2ncc(N3CCCCC3)n2cc1Cl. The van der Waals surface area contributed by atoms with Gasteiger partial charge in [0.25, 0.3) is 0 Å². The molecular formula is C19H19ClFN3O. The molecule has 4 rings (SSSR count). The van der Waals surface area contributed by atoms with Crippen LogP contribution in [0.1, 0.15) is 19.3 Å². The average molecular weight is 360 g/mol. The monoisotopic (exact) mass is 359 g/mol. The van der Waals surface area contributed by atoms with Crippen molar-refractivity contribution < 1.29 is 9.13 Å². The predicted octanol–water partition coefficient (Wildman–Crippen LogP) is 4.79. The molecule has 4 nitrogen and oxygen atoms in total. The Morgan fingerprint density at radius 3 is 2.76 bits per heavy atom. The Kier molecular flexibility index (Phi) is 4.25. The van der Waals surface area contributed by atoms with Crippen molar-refractivity contribution in [2.24, 2.45) is 0 Å². The van der Waals surface area contributed by atoms with Crippen LogP contribution in [0.2, 0.25) is 5.02 Å². The molecule has 25 heavy (non-hydrogen) atoms. The number of fused-ring (bicyclic) bond motifs is 1. The number of imidazole rings is 1. The predicted molar refractivity (Wildman–Crippen MR) is 98.2 cm³/mol. The van der Waals surface area contributed by atoms with Gasteiger partial charge in [-0.3, -0.25) is 4.40 Å². The molecule has 3 heterocycles. The number of halogens is 2. The van der Waals surface area contributed by atoms with Gasteiger partial charge in [-0.1, -0.05) is 17.7 Å². The standard InChI is InChI=1S/C19H19ClFN3O/c1-25-16-7-5-6-15(21)19(16)13-10-17-22-11-18(24(17)12-14(13)20)23-8-3-2-4-9-23/h5-7,10-12H,2-4,8-9H2,1H3. The topological polar surface area (TPSA) is 29.8 Å².